The number of benzene rings is 2. The second kappa shape index (κ2) is 10.1. The number of aromatic hydroxyl groups is 1. The molecule has 4 rings (SSSR count). The van der Waals surface area contributed by atoms with Gasteiger partial charge in [0.1, 0.15) is 5.56 Å². The molecule has 0 bridgehead atoms. The fourth-order valence-corrected chi connectivity index (χ4v) is 3.78. The quantitative estimate of drug-likeness (QED) is 0.349. The van der Waals surface area contributed by atoms with E-state index in [0.29, 0.717) is 24.0 Å². The Balaban J connectivity index is 1.42. The lowest BCUT2D eigenvalue weighted by molar-refractivity contribution is -0.141. The van der Waals surface area contributed by atoms with E-state index in [2.05, 4.69) is 20.6 Å². The molecular weight excluding hydrogens is 505 g/mol. The van der Waals surface area contributed by atoms with Crippen LogP contribution in [0.1, 0.15) is 51.9 Å². The lowest BCUT2D eigenvalue weighted by Gasteiger charge is -2.19. The number of hydrogen-bond acceptors (Lipinski definition) is 6. The molecule has 1 unspecified atom stereocenters. The van der Waals surface area contributed by atoms with Crippen molar-refractivity contribution in [1.82, 2.24) is 20.6 Å². The Morgan fingerprint density at radius 2 is 1.58 bits per heavy atom. The van der Waals surface area contributed by atoms with Gasteiger partial charge in [0.25, 0.3) is 11.8 Å². The number of amides is 2. The van der Waals surface area contributed by atoms with Gasteiger partial charge in [-0.3, -0.25) is 14.4 Å². The average Bonchev–Trinajstić information content (AvgIpc) is 3.66. The van der Waals surface area contributed by atoms with E-state index in [0.717, 1.165) is 23.9 Å². The van der Waals surface area contributed by atoms with Crippen molar-refractivity contribution < 1.29 is 37.8 Å². The number of hydrogen-bond donors (Lipinski definition) is 4. The maximum Gasteiger partial charge on any atom is 0.416 e. The lowest BCUT2D eigenvalue weighted by atomic mass is 9.98. The van der Waals surface area contributed by atoms with Crippen molar-refractivity contribution in [3.63, 3.8) is 0 Å². The highest BCUT2D eigenvalue weighted by molar-refractivity contribution is 5.98. The first-order valence-electron chi connectivity index (χ1n) is 11.6. The number of alkyl halides is 3. The van der Waals surface area contributed by atoms with Gasteiger partial charge in [0.15, 0.2) is 0 Å². The smallest absolute Gasteiger partial charge is 0.416 e. The summed E-state index contributed by atoms with van der Waals surface area (Å²) in [7, 11) is 0. The molecule has 12 heteroatoms. The van der Waals surface area contributed by atoms with Crippen LogP contribution in [0.25, 0.3) is 11.1 Å². The Hall–Kier alpha value is -4.48. The third kappa shape index (κ3) is 5.74. The van der Waals surface area contributed by atoms with Crippen LogP contribution < -0.4 is 10.6 Å². The third-order valence-electron chi connectivity index (χ3n) is 6.29. The molecule has 0 spiro atoms. The van der Waals surface area contributed by atoms with Gasteiger partial charge in [0, 0.05) is 12.7 Å². The molecule has 2 aromatic carbocycles. The average molecular weight is 528 g/mol. The largest absolute Gasteiger partial charge is 0.493 e. The van der Waals surface area contributed by atoms with E-state index in [-0.39, 0.29) is 12.1 Å². The van der Waals surface area contributed by atoms with Crippen molar-refractivity contribution in [3.8, 4) is 17.0 Å². The summed E-state index contributed by atoms with van der Waals surface area (Å²) in [6.45, 7) is 1.24. The number of nitrogens with one attached hydrogen (secondary N) is 2. The van der Waals surface area contributed by atoms with Crippen LogP contribution in [-0.2, 0) is 16.5 Å². The summed E-state index contributed by atoms with van der Waals surface area (Å²) in [5.74, 6) is -4.51. The predicted octanol–water partition coefficient (Wildman–Crippen LogP) is 3.74. The summed E-state index contributed by atoms with van der Waals surface area (Å²) in [4.78, 5) is 43.3. The van der Waals surface area contributed by atoms with Gasteiger partial charge in [-0.05, 0) is 41.7 Å². The van der Waals surface area contributed by atoms with Gasteiger partial charge in [-0.25, -0.2) is 4.98 Å². The molecule has 0 radical (unpaired) electrons. The third-order valence-corrected chi connectivity index (χ3v) is 6.29. The highest BCUT2D eigenvalue weighted by Crippen LogP contribution is 2.46. The monoisotopic (exact) mass is 528 g/mol. The number of halogens is 3. The minimum Gasteiger partial charge on any atom is -0.493 e. The van der Waals surface area contributed by atoms with Gasteiger partial charge in [-0.2, -0.15) is 18.2 Å². The minimum absolute atomic E-state index is 0.166. The maximum atomic E-state index is 12.9. The first kappa shape index (κ1) is 26.6. The van der Waals surface area contributed by atoms with E-state index in [1.54, 1.807) is 24.3 Å². The molecule has 1 atom stereocenters. The molecule has 38 heavy (non-hydrogen) atoms. The molecule has 9 nitrogen and oxygen atoms in total. The molecule has 1 fully saturated rings. The first-order valence-corrected chi connectivity index (χ1v) is 11.6. The zero-order valence-corrected chi connectivity index (χ0v) is 20.0. The van der Waals surface area contributed by atoms with E-state index < -0.39 is 52.7 Å². The van der Waals surface area contributed by atoms with Crippen LogP contribution in [0.3, 0.4) is 0 Å². The van der Waals surface area contributed by atoms with E-state index in [1.165, 1.54) is 19.1 Å². The van der Waals surface area contributed by atoms with Crippen LogP contribution in [0.15, 0.2) is 54.7 Å². The second-order valence-electron chi connectivity index (χ2n) is 9.07. The van der Waals surface area contributed by atoms with Crippen LogP contribution in [0.2, 0.25) is 0 Å². The zero-order chi connectivity index (χ0) is 27.7. The summed E-state index contributed by atoms with van der Waals surface area (Å²) in [6.07, 6.45) is -2.15. The van der Waals surface area contributed by atoms with Gasteiger partial charge < -0.3 is 20.8 Å². The summed E-state index contributed by atoms with van der Waals surface area (Å²) >= 11 is 0. The van der Waals surface area contributed by atoms with E-state index in [4.69, 9.17) is 5.11 Å². The number of aromatic nitrogens is 2. The standard InChI is InChI=1S/C26H23F3N4O5/c1-14(24(37)38)12-31-23(36)20-30-13-19(21(34)32-20)22(35)33-25(10-11-25)17-6-2-15(3-7-17)16-4-8-18(9-5-16)26(27,28)29/h2-9,13-14H,10-12H2,1H3,(H,31,36)(H,33,35)(H,37,38)(H,30,32,34). The van der Waals surface area contributed by atoms with Crippen molar-refractivity contribution in [2.75, 3.05) is 6.54 Å². The summed E-state index contributed by atoms with van der Waals surface area (Å²) in [6, 6.07) is 11.9. The fourth-order valence-electron chi connectivity index (χ4n) is 3.78. The minimum atomic E-state index is -4.41. The number of carboxylic acid groups (broad SMARTS) is 1. The summed E-state index contributed by atoms with van der Waals surface area (Å²) < 4.78 is 38.4. The van der Waals surface area contributed by atoms with Crippen molar-refractivity contribution in [3.05, 3.63) is 77.2 Å². The van der Waals surface area contributed by atoms with Crippen LogP contribution in [-0.4, -0.2) is 44.5 Å². The fraction of sp³-hybridized carbons (Fsp3) is 0.269. The summed E-state index contributed by atoms with van der Waals surface area (Å²) in [5.41, 5.74) is 0.444. The number of nitrogens with zero attached hydrogens (tertiary/aromatic N) is 2. The number of carbonyl (C=O) groups is 3. The van der Waals surface area contributed by atoms with Crippen molar-refractivity contribution >= 4 is 17.8 Å². The van der Waals surface area contributed by atoms with E-state index in [9.17, 15) is 32.7 Å². The highest BCUT2D eigenvalue weighted by Gasteiger charge is 2.46. The lowest BCUT2D eigenvalue weighted by Crippen LogP contribution is -2.35. The van der Waals surface area contributed by atoms with Crippen LogP contribution in [0.4, 0.5) is 13.2 Å². The molecule has 4 N–H and O–H groups in total. The van der Waals surface area contributed by atoms with Gasteiger partial charge >= 0.3 is 12.1 Å². The van der Waals surface area contributed by atoms with Gasteiger partial charge in [-0.1, -0.05) is 43.3 Å². The molecule has 1 aliphatic carbocycles. The van der Waals surface area contributed by atoms with Gasteiger partial charge in [-0.15, -0.1) is 0 Å². The van der Waals surface area contributed by atoms with Crippen LogP contribution in [0, 0.1) is 5.92 Å². The molecular formula is C26H23F3N4O5. The van der Waals surface area contributed by atoms with E-state index in [1.807, 2.05) is 0 Å². The van der Waals surface area contributed by atoms with Crippen molar-refractivity contribution in [1.29, 1.82) is 0 Å². The normalized spacial score (nSPS) is 14.8. The molecule has 1 heterocycles. The Morgan fingerprint density at radius 3 is 2.08 bits per heavy atom. The molecule has 1 saturated carbocycles. The van der Waals surface area contributed by atoms with Crippen molar-refractivity contribution in [2.24, 2.45) is 5.92 Å². The number of carbonyl (C=O) groups excluding carboxylic acids is 2. The molecule has 3 aromatic rings. The zero-order valence-electron chi connectivity index (χ0n) is 20.0. The molecule has 2 amide bonds. The Labute approximate surface area is 214 Å². The molecule has 1 aromatic heterocycles. The maximum absolute atomic E-state index is 12.9. The Morgan fingerprint density at radius 1 is 1.00 bits per heavy atom. The van der Waals surface area contributed by atoms with Crippen molar-refractivity contribution in [2.45, 2.75) is 31.5 Å². The van der Waals surface area contributed by atoms with Gasteiger partial charge in [0.2, 0.25) is 11.7 Å². The van der Waals surface area contributed by atoms with Crippen LogP contribution >= 0.6 is 0 Å². The Bertz CT molecular complexity index is 1370. The predicted molar refractivity (Wildman–Crippen MR) is 128 cm³/mol. The number of carboxylic acids is 1. The molecule has 0 aliphatic heterocycles. The first-order chi connectivity index (χ1) is 17.9. The number of rotatable bonds is 8. The van der Waals surface area contributed by atoms with Gasteiger partial charge in [0.05, 0.1) is 17.0 Å². The highest BCUT2D eigenvalue weighted by atomic mass is 19.4. The summed E-state index contributed by atoms with van der Waals surface area (Å²) in [5, 5.41) is 24.3. The van der Waals surface area contributed by atoms with Crippen LogP contribution in [0.5, 0.6) is 5.88 Å². The Kier molecular flexibility index (Phi) is 7.07. The molecule has 198 valence electrons. The van der Waals surface area contributed by atoms with E-state index >= 15 is 0 Å². The number of aliphatic carboxylic acids is 1. The SMILES string of the molecule is CC(CNC(=O)c1ncc(C(=O)NC2(c3ccc(-c4ccc(C(F)(F)F)cc4)cc3)CC2)c(O)n1)C(=O)O. The molecule has 0 saturated heterocycles. The molecule has 1 aliphatic rings. The topological polar surface area (TPSA) is 142 Å². The second-order valence-corrected chi connectivity index (χ2v) is 9.07.